The first kappa shape index (κ1) is 14.4. The summed E-state index contributed by atoms with van der Waals surface area (Å²) in [6.07, 6.45) is 5.72. The molecule has 114 valence electrons. The molecule has 2 aliphatic rings. The van der Waals surface area contributed by atoms with Gasteiger partial charge in [0.15, 0.2) is 0 Å². The van der Waals surface area contributed by atoms with Gasteiger partial charge in [0.1, 0.15) is 6.04 Å². The SMILES string of the molecule is CC(C)CN(C(=O)C1Cc2ccccc2N1)C1CCCC1. The van der Waals surface area contributed by atoms with E-state index in [1.807, 2.05) is 6.07 Å². The van der Waals surface area contributed by atoms with Crippen molar-refractivity contribution in [2.75, 3.05) is 11.9 Å². The summed E-state index contributed by atoms with van der Waals surface area (Å²) >= 11 is 0. The molecule has 1 aliphatic carbocycles. The van der Waals surface area contributed by atoms with Crippen molar-refractivity contribution in [3.05, 3.63) is 29.8 Å². The maximum absolute atomic E-state index is 13.0. The molecule has 1 aromatic carbocycles. The normalized spacial score (nSPS) is 21.4. The summed E-state index contributed by atoms with van der Waals surface area (Å²) in [5.74, 6) is 0.824. The van der Waals surface area contributed by atoms with Crippen LogP contribution in [0, 0.1) is 5.92 Å². The van der Waals surface area contributed by atoms with Crippen molar-refractivity contribution in [3.8, 4) is 0 Å². The van der Waals surface area contributed by atoms with Crippen molar-refractivity contribution < 1.29 is 4.79 Å². The number of carbonyl (C=O) groups is 1. The second kappa shape index (κ2) is 6.08. The van der Waals surface area contributed by atoms with Crippen molar-refractivity contribution >= 4 is 11.6 Å². The minimum Gasteiger partial charge on any atom is -0.373 e. The molecule has 1 fully saturated rings. The van der Waals surface area contributed by atoms with Crippen LogP contribution in [0.2, 0.25) is 0 Å². The smallest absolute Gasteiger partial charge is 0.245 e. The van der Waals surface area contributed by atoms with Gasteiger partial charge in [-0.15, -0.1) is 0 Å². The molecule has 3 rings (SSSR count). The highest BCUT2D eigenvalue weighted by atomic mass is 16.2. The molecule has 1 atom stereocenters. The standard InChI is InChI=1S/C18H26N2O/c1-13(2)12-20(15-8-4-5-9-15)18(21)17-11-14-7-3-6-10-16(14)19-17/h3,6-7,10,13,15,17,19H,4-5,8-9,11-12H2,1-2H3. The summed E-state index contributed by atoms with van der Waals surface area (Å²) in [6, 6.07) is 8.67. The number of hydrogen-bond acceptors (Lipinski definition) is 2. The highest BCUT2D eigenvalue weighted by molar-refractivity contribution is 5.87. The van der Waals surface area contributed by atoms with Crippen LogP contribution >= 0.6 is 0 Å². The van der Waals surface area contributed by atoms with Gasteiger partial charge >= 0.3 is 0 Å². The first-order chi connectivity index (χ1) is 10.1. The second-order valence-corrected chi connectivity index (χ2v) is 6.88. The Morgan fingerprint density at radius 2 is 2.00 bits per heavy atom. The topological polar surface area (TPSA) is 32.3 Å². The fourth-order valence-corrected chi connectivity index (χ4v) is 3.68. The molecule has 0 aromatic heterocycles. The highest BCUT2D eigenvalue weighted by Gasteiger charge is 2.34. The number of carbonyl (C=O) groups excluding carboxylic acids is 1. The summed E-state index contributed by atoms with van der Waals surface area (Å²) in [4.78, 5) is 15.2. The number of rotatable bonds is 4. The summed E-state index contributed by atoms with van der Waals surface area (Å²) in [7, 11) is 0. The molecule has 3 heteroatoms. The molecule has 3 nitrogen and oxygen atoms in total. The maximum Gasteiger partial charge on any atom is 0.245 e. The van der Waals surface area contributed by atoms with Crippen molar-refractivity contribution in [2.24, 2.45) is 5.92 Å². The highest BCUT2D eigenvalue weighted by Crippen LogP contribution is 2.29. The van der Waals surface area contributed by atoms with Crippen LogP contribution in [0.15, 0.2) is 24.3 Å². The molecule has 1 aromatic rings. The average Bonchev–Trinajstić information content (AvgIpc) is 3.12. The third kappa shape index (κ3) is 3.07. The number of benzene rings is 1. The fraction of sp³-hybridized carbons (Fsp3) is 0.611. The van der Waals surface area contributed by atoms with E-state index in [9.17, 15) is 4.79 Å². The van der Waals surface area contributed by atoms with Gasteiger partial charge in [-0.05, 0) is 30.4 Å². The molecule has 1 N–H and O–H groups in total. The Balaban J connectivity index is 1.72. The van der Waals surface area contributed by atoms with Crippen LogP contribution in [0.4, 0.5) is 5.69 Å². The first-order valence-corrected chi connectivity index (χ1v) is 8.30. The van der Waals surface area contributed by atoms with Gasteiger partial charge in [-0.25, -0.2) is 0 Å². The summed E-state index contributed by atoms with van der Waals surface area (Å²) in [5, 5.41) is 3.42. The van der Waals surface area contributed by atoms with E-state index in [1.165, 1.54) is 31.2 Å². The largest absolute Gasteiger partial charge is 0.373 e. The van der Waals surface area contributed by atoms with Crippen LogP contribution in [0.1, 0.15) is 45.1 Å². The summed E-state index contributed by atoms with van der Waals surface area (Å²) in [6.45, 7) is 5.29. The molecule has 1 amide bonds. The molecule has 0 spiro atoms. The predicted octanol–water partition coefficient (Wildman–Crippen LogP) is 3.45. The van der Waals surface area contributed by atoms with E-state index in [2.05, 4.69) is 42.3 Å². The van der Waals surface area contributed by atoms with Crippen molar-refractivity contribution in [1.82, 2.24) is 4.90 Å². The van der Waals surface area contributed by atoms with E-state index >= 15 is 0 Å². The van der Waals surface area contributed by atoms with E-state index in [0.29, 0.717) is 17.9 Å². The number of hydrogen-bond donors (Lipinski definition) is 1. The lowest BCUT2D eigenvalue weighted by Crippen LogP contribution is -2.48. The minimum atomic E-state index is -0.0678. The lowest BCUT2D eigenvalue weighted by molar-refractivity contribution is -0.134. The molecule has 21 heavy (non-hydrogen) atoms. The number of nitrogens with one attached hydrogen (secondary N) is 1. The van der Waals surface area contributed by atoms with Gasteiger partial charge in [-0.1, -0.05) is 44.9 Å². The van der Waals surface area contributed by atoms with Gasteiger partial charge < -0.3 is 10.2 Å². The molecular weight excluding hydrogens is 260 g/mol. The van der Waals surface area contributed by atoms with E-state index in [1.54, 1.807) is 0 Å². The lowest BCUT2D eigenvalue weighted by atomic mass is 10.1. The zero-order valence-corrected chi connectivity index (χ0v) is 13.1. The maximum atomic E-state index is 13.0. The van der Waals surface area contributed by atoms with Crippen LogP contribution in [-0.4, -0.2) is 29.4 Å². The molecule has 1 aliphatic heterocycles. The van der Waals surface area contributed by atoms with Gasteiger partial charge in [0.2, 0.25) is 5.91 Å². The van der Waals surface area contributed by atoms with E-state index in [0.717, 1.165) is 18.7 Å². The van der Waals surface area contributed by atoms with Gasteiger partial charge in [0.25, 0.3) is 0 Å². The number of nitrogens with zero attached hydrogens (tertiary/aromatic N) is 1. The fourth-order valence-electron chi connectivity index (χ4n) is 3.68. The first-order valence-electron chi connectivity index (χ1n) is 8.30. The Labute approximate surface area is 127 Å². The quantitative estimate of drug-likeness (QED) is 0.919. The lowest BCUT2D eigenvalue weighted by Gasteiger charge is -2.33. The van der Waals surface area contributed by atoms with Crippen LogP contribution < -0.4 is 5.32 Å². The number of anilines is 1. The van der Waals surface area contributed by atoms with Gasteiger partial charge in [-0.3, -0.25) is 4.79 Å². The number of para-hydroxylation sites is 1. The zero-order valence-electron chi connectivity index (χ0n) is 13.1. The van der Waals surface area contributed by atoms with Crippen LogP contribution in [-0.2, 0) is 11.2 Å². The van der Waals surface area contributed by atoms with Crippen LogP contribution in [0.5, 0.6) is 0 Å². The van der Waals surface area contributed by atoms with Crippen molar-refractivity contribution in [3.63, 3.8) is 0 Å². The molecule has 1 saturated carbocycles. The number of amides is 1. The minimum absolute atomic E-state index is 0.0678. The number of fused-ring (bicyclic) bond motifs is 1. The molecular formula is C18H26N2O. The van der Waals surface area contributed by atoms with E-state index < -0.39 is 0 Å². The third-order valence-corrected chi connectivity index (χ3v) is 4.68. The zero-order chi connectivity index (χ0) is 14.8. The summed E-state index contributed by atoms with van der Waals surface area (Å²) in [5.41, 5.74) is 2.40. The average molecular weight is 286 g/mol. The van der Waals surface area contributed by atoms with Crippen LogP contribution in [0.25, 0.3) is 0 Å². The monoisotopic (exact) mass is 286 g/mol. The molecule has 0 radical (unpaired) electrons. The van der Waals surface area contributed by atoms with Crippen molar-refractivity contribution in [1.29, 1.82) is 0 Å². The van der Waals surface area contributed by atoms with Crippen molar-refractivity contribution in [2.45, 2.75) is 58.0 Å². The molecule has 1 unspecified atom stereocenters. The van der Waals surface area contributed by atoms with Gasteiger partial charge in [0, 0.05) is 24.7 Å². The van der Waals surface area contributed by atoms with E-state index in [4.69, 9.17) is 0 Å². The predicted molar refractivity (Wildman–Crippen MR) is 86.4 cm³/mol. The Bertz CT molecular complexity index is 481. The second-order valence-electron chi connectivity index (χ2n) is 6.88. The van der Waals surface area contributed by atoms with Crippen LogP contribution in [0.3, 0.4) is 0 Å². The Morgan fingerprint density at radius 3 is 2.67 bits per heavy atom. The van der Waals surface area contributed by atoms with E-state index in [-0.39, 0.29) is 6.04 Å². The van der Waals surface area contributed by atoms with Gasteiger partial charge in [-0.2, -0.15) is 0 Å². The molecule has 0 saturated heterocycles. The summed E-state index contributed by atoms with van der Waals surface area (Å²) < 4.78 is 0. The third-order valence-electron chi connectivity index (χ3n) is 4.68. The molecule has 1 heterocycles. The Morgan fingerprint density at radius 1 is 1.29 bits per heavy atom. The molecule has 0 bridgehead atoms. The Kier molecular flexibility index (Phi) is 4.18. The van der Waals surface area contributed by atoms with Gasteiger partial charge in [0.05, 0.1) is 0 Å². The Hall–Kier alpha value is -1.51.